The number of nitrogens with zero attached hydrogens (tertiary/aromatic N) is 2. The molecule has 2 aromatic rings. The second kappa shape index (κ2) is 7.50. The van der Waals surface area contributed by atoms with Crippen LogP contribution >= 0.6 is 0 Å². The summed E-state index contributed by atoms with van der Waals surface area (Å²) in [6, 6.07) is 9.38. The highest BCUT2D eigenvalue weighted by atomic mass is 32.2. The van der Waals surface area contributed by atoms with Crippen molar-refractivity contribution in [1.82, 2.24) is 9.21 Å². The Bertz CT molecular complexity index is 993. The van der Waals surface area contributed by atoms with Gasteiger partial charge in [-0.1, -0.05) is 12.1 Å². The van der Waals surface area contributed by atoms with Crippen molar-refractivity contribution in [2.24, 2.45) is 0 Å². The lowest BCUT2D eigenvalue weighted by molar-refractivity contribution is 0.180. The Kier molecular flexibility index (Phi) is 5.21. The number of phenolic OH excluding ortho intramolecular Hbond substituents is 1. The number of piperazine rings is 1. The van der Waals surface area contributed by atoms with E-state index in [9.17, 15) is 13.5 Å². The number of hydrogen-bond donors (Lipinski definition) is 1. The summed E-state index contributed by atoms with van der Waals surface area (Å²) in [5.74, 6) is 0.367. The third-order valence-corrected chi connectivity index (χ3v) is 8.03. The van der Waals surface area contributed by atoms with E-state index in [0.29, 0.717) is 43.4 Å². The quantitative estimate of drug-likeness (QED) is 0.857. The molecule has 0 bridgehead atoms. The average molecular weight is 401 g/mol. The van der Waals surface area contributed by atoms with E-state index in [1.54, 1.807) is 16.4 Å². The summed E-state index contributed by atoms with van der Waals surface area (Å²) in [4.78, 5) is 2.60. The molecule has 0 atom stereocenters. The first-order chi connectivity index (χ1) is 13.3. The number of fused-ring (bicyclic) bond motifs is 1. The van der Waals surface area contributed by atoms with Crippen LogP contribution in [-0.2, 0) is 29.4 Å². The van der Waals surface area contributed by atoms with E-state index in [0.717, 1.165) is 36.0 Å². The van der Waals surface area contributed by atoms with Gasteiger partial charge in [-0.2, -0.15) is 4.31 Å². The summed E-state index contributed by atoms with van der Waals surface area (Å²) in [7, 11) is -3.46. The highest BCUT2D eigenvalue weighted by Crippen LogP contribution is 2.30. The highest BCUT2D eigenvalue weighted by Gasteiger charge is 2.29. The van der Waals surface area contributed by atoms with Gasteiger partial charge in [0.25, 0.3) is 0 Å². The molecule has 0 saturated carbocycles. The van der Waals surface area contributed by atoms with Crippen molar-refractivity contribution in [3.05, 3.63) is 58.1 Å². The highest BCUT2D eigenvalue weighted by molar-refractivity contribution is 7.89. The van der Waals surface area contributed by atoms with Gasteiger partial charge in [0.2, 0.25) is 10.0 Å². The molecule has 0 unspecified atom stereocenters. The van der Waals surface area contributed by atoms with Gasteiger partial charge in [-0.3, -0.25) is 4.90 Å². The van der Waals surface area contributed by atoms with E-state index in [1.807, 2.05) is 26.0 Å². The predicted molar refractivity (Wildman–Crippen MR) is 110 cm³/mol. The van der Waals surface area contributed by atoms with Crippen LogP contribution in [-0.4, -0.2) is 48.9 Å². The van der Waals surface area contributed by atoms with Gasteiger partial charge < -0.3 is 5.11 Å². The van der Waals surface area contributed by atoms with Crippen molar-refractivity contribution in [3.8, 4) is 5.75 Å². The summed E-state index contributed by atoms with van der Waals surface area (Å²) in [5.41, 5.74) is 5.66. The third kappa shape index (κ3) is 3.69. The van der Waals surface area contributed by atoms with Crippen LogP contribution in [0, 0.1) is 13.8 Å². The number of hydrogen-bond acceptors (Lipinski definition) is 4. The molecule has 150 valence electrons. The van der Waals surface area contributed by atoms with E-state index >= 15 is 0 Å². The summed E-state index contributed by atoms with van der Waals surface area (Å²) in [6.45, 7) is 6.87. The van der Waals surface area contributed by atoms with Crippen LogP contribution in [0.3, 0.4) is 0 Å². The van der Waals surface area contributed by atoms with E-state index < -0.39 is 10.0 Å². The number of benzene rings is 2. The molecule has 1 saturated heterocycles. The first kappa shape index (κ1) is 19.4. The van der Waals surface area contributed by atoms with Crippen molar-refractivity contribution in [3.63, 3.8) is 0 Å². The van der Waals surface area contributed by atoms with E-state index in [2.05, 4.69) is 11.0 Å². The number of phenols is 1. The molecule has 1 fully saturated rings. The fraction of sp³-hybridized carbons (Fsp3) is 0.455. The van der Waals surface area contributed by atoms with Crippen LogP contribution in [0.15, 0.2) is 35.2 Å². The Labute approximate surface area is 167 Å². The van der Waals surface area contributed by atoms with Gasteiger partial charge >= 0.3 is 0 Å². The molecule has 0 radical (unpaired) electrons. The van der Waals surface area contributed by atoms with Gasteiger partial charge in [0, 0.05) is 38.3 Å². The molecule has 5 nitrogen and oxygen atoms in total. The molecule has 1 heterocycles. The Hall–Kier alpha value is -1.89. The van der Waals surface area contributed by atoms with Gasteiger partial charge in [0.1, 0.15) is 5.75 Å². The van der Waals surface area contributed by atoms with Crippen LogP contribution in [0.5, 0.6) is 5.75 Å². The standard InChI is InChI=1S/C22H28N2O3S/c1-16-6-7-21(12-17(16)2)28(26,27)24-10-8-23(9-11-24)15-20-13-18-4-3-5-19(18)14-22(20)25/h6-7,12-14,25H,3-5,8-11,15H2,1-2H3. The maximum absolute atomic E-state index is 13.0. The third-order valence-electron chi connectivity index (χ3n) is 6.13. The molecule has 4 rings (SSSR count). The van der Waals surface area contributed by atoms with Crippen LogP contribution < -0.4 is 0 Å². The van der Waals surface area contributed by atoms with Crippen molar-refractivity contribution in [2.45, 2.75) is 44.6 Å². The number of rotatable bonds is 4. The maximum Gasteiger partial charge on any atom is 0.243 e. The minimum Gasteiger partial charge on any atom is -0.508 e. The summed E-state index contributed by atoms with van der Waals surface area (Å²) < 4.78 is 27.5. The maximum atomic E-state index is 13.0. The molecular formula is C22H28N2O3S. The molecule has 0 aromatic heterocycles. The van der Waals surface area contributed by atoms with Crippen LogP contribution in [0.4, 0.5) is 0 Å². The van der Waals surface area contributed by atoms with Crippen molar-refractivity contribution >= 4 is 10.0 Å². The largest absolute Gasteiger partial charge is 0.508 e. The number of aromatic hydroxyl groups is 1. The molecule has 6 heteroatoms. The van der Waals surface area contributed by atoms with E-state index in [-0.39, 0.29) is 0 Å². The minimum absolute atomic E-state index is 0.367. The van der Waals surface area contributed by atoms with Crippen molar-refractivity contribution < 1.29 is 13.5 Å². The Morgan fingerprint density at radius 1 is 0.929 bits per heavy atom. The summed E-state index contributed by atoms with van der Waals surface area (Å²) >= 11 is 0. The minimum atomic E-state index is -3.46. The molecule has 1 N–H and O–H groups in total. The van der Waals surface area contributed by atoms with Gasteiger partial charge in [-0.15, -0.1) is 0 Å². The van der Waals surface area contributed by atoms with E-state index in [1.165, 1.54) is 11.1 Å². The van der Waals surface area contributed by atoms with Gasteiger partial charge in [-0.25, -0.2) is 8.42 Å². The van der Waals surface area contributed by atoms with Gasteiger partial charge in [-0.05, 0) is 73.6 Å². The van der Waals surface area contributed by atoms with E-state index in [4.69, 9.17) is 0 Å². The lowest BCUT2D eigenvalue weighted by Gasteiger charge is -2.34. The molecule has 1 aliphatic heterocycles. The Morgan fingerprint density at radius 2 is 1.61 bits per heavy atom. The fourth-order valence-electron chi connectivity index (χ4n) is 4.18. The molecule has 28 heavy (non-hydrogen) atoms. The second-order valence-corrected chi connectivity index (χ2v) is 9.97. The lowest BCUT2D eigenvalue weighted by Crippen LogP contribution is -2.48. The molecule has 0 amide bonds. The zero-order valence-corrected chi connectivity index (χ0v) is 17.4. The number of sulfonamides is 1. The SMILES string of the molecule is Cc1ccc(S(=O)(=O)N2CCN(Cc3cc4c(cc3O)CCC4)CC2)cc1C. The smallest absolute Gasteiger partial charge is 0.243 e. The number of aryl methyl sites for hydroxylation is 4. The second-order valence-electron chi connectivity index (χ2n) is 8.03. The first-order valence-corrected chi connectivity index (χ1v) is 11.4. The Balaban J connectivity index is 1.43. The van der Waals surface area contributed by atoms with Crippen LogP contribution in [0.1, 0.15) is 34.2 Å². The zero-order valence-electron chi connectivity index (χ0n) is 16.6. The van der Waals surface area contributed by atoms with Crippen molar-refractivity contribution in [2.75, 3.05) is 26.2 Å². The van der Waals surface area contributed by atoms with Crippen molar-refractivity contribution in [1.29, 1.82) is 0 Å². The first-order valence-electron chi connectivity index (χ1n) is 9.98. The molecular weight excluding hydrogens is 372 g/mol. The topological polar surface area (TPSA) is 60.9 Å². The molecule has 0 spiro atoms. The van der Waals surface area contributed by atoms with Crippen LogP contribution in [0.2, 0.25) is 0 Å². The monoisotopic (exact) mass is 400 g/mol. The summed E-state index contributed by atoms with van der Waals surface area (Å²) in [5, 5.41) is 10.4. The van der Waals surface area contributed by atoms with Crippen LogP contribution in [0.25, 0.3) is 0 Å². The fourth-order valence-corrected chi connectivity index (χ4v) is 5.69. The normalized spacial score (nSPS) is 18.4. The average Bonchev–Trinajstić information content (AvgIpc) is 3.11. The molecule has 2 aromatic carbocycles. The van der Waals surface area contributed by atoms with Gasteiger partial charge in [0.05, 0.1) is 4.90 Å². The summed E-state index contributed by atoms with van der Waals surface area (Å²) in [6.07, 6.45) is 3.30. The Morgan fingerprint density at radius 3 is 2.29 bits per heavy atom. The lowest BCUT2D eigenvalue weighted by atomic mass is 10.0. The molecule has 2 aliphatic rings. The van der Waals surface area contributed by atoms with Gasteiger partial charge in [0.15, 0.2) is 0 Å². The zero-order chi connectivity index (χ0) is 19.9. The predicted octanol–water partition coefficient (Wildman–Crippen LogP) is 3.00. The molecule has 1 aliphatic carbocycles.